The van der Waals surface area contributed by atoms with Crippen molar-refractivity contribution in [2.45, 2.75) is 20.0 Å². The fraction of sp³-hybridized carbons (Fsp3) is 0.389. The van der Waals surface area contributed by atoms with E-state index in [0.29, 0.717) is 31.3 Å². The van der Waals surface area contributed by atoms with E-state index in [1.54, 1.807) is 19.2 Å². The number of nitrogens with one attached hydrogen (secondary N) is 1. The smallest absolute Gasteiger partial charge is 0.286 e. The van der Waals surface area contributed by atoms with Crippen molar-refractivity contribution in [1.82, 2.24) is 5.32 Å². The molecular formula is C18H23NO5. The first-order valence-electron chi connectivity index (χ1n) is 7.94. The van der Waals surface area contributed by atoms with Crippen molar-refractivity contribution in [3.05, 3.63) is 47.9 Å². The van der Waals surface area contributed by atoms with Gasteiger partial charge in [0.25, 0.3) is 5.91 Å². The maximum absolute atomic E-state index is 11.9. The van der Waals surface area contributed by atoms with Crippen LogP contribution in [0.5, 0.6) is 11.5 Å². The molecule has 0 radical (unpaired) electrons. The number of methoxy groups -OCH3 is 1. The largest absolute Gasteiger partial charge is 0.497 e. The second-order valence-electron chi connectivity index (χ2n) is 5.04. The number of benzene rings is 1. The predicted molar refractivity (Wildman–Crippen MR) is 89.5 cm³/mol. The Bertz CT molecular complexity index is 621. The molecule has 1 N–H and O–H groups in total. The summed E-state index contributed by atoms with van der Waals surface area (Å²) in [7, 11) is 1.61. The SMILES string of the molecule is CCOCCCNC(=O)c1ccc(COc2ccc(OC)cc2)o1. The number of amides is 1. The molecule has 0 unspecified atom stereocenters. The van der Waals surface area contributed by atoms with E-state index in [4.69, 9.17) is 18.6 Å². The van der Waals surface area contributed by atoms with Crippen LogP contribution in [0.1, 0.15) is 29.7 Å². The molecule has 0 saturated carbocycles. The van der Waals surface area contributed by atoms with Crippen molar-refractivity contribution in [2.75, 3.05) is 26.9 Å². The van der Waals surface area contributed by atoms with E-state index in [1.165, 1.54) is 0 Å². The molecule has 0 saturated heterocycles. The lowest BCUT2D eigenvalue weighted by Crippen LogP contribution is -2.24. The summed E-state index contributed by atoms with van der Waals surface area (Å²) in [4.78, 5) is 11.9. The molecule has 1 amide bonds. The molecule has 1 aromatic carbocycles. The first-order chi connectivity index (χ1) is 11.7. The number of hydrogen-bond donors (Lipinski definition) is 1. The topological polar surface area (TPSA) is 69.9 Å². The standard InChI is InChI=1S/C18H23NO5/c1-3-22-12-4-11-19-18(20)17-10-9-16(24-17)13-23-15-7-5-14(21-2)6-8-15/h5-10H,3-4,11-13H2,1-2H3,(H,19,20). The van der Waals surface area contributed by atoms with Crippen molar-refractivity contribution in [3.63, 3.8) is 0 Å². The third-order valence-electron chi connectivity index (χ3n) is 3.28. The summed E-state index contributed by atoms with van der Waals surface area (Å²) >= 11 is 0. The average Bonchev–Trinajstić information content (AvgIpc) is 3.09. The molecule has 1 aromatic heterocycles. The van der Waals surface area contributed by atoms with E-state index in [2.05, 4.69) is 5.32 Å². The van der Waals surface area contributed by atoms with Gasteiger partial charge in [0, 0.05) is 19.8 Å². The van der Waals surface area contributed by atoms with E-state index in [0.717, 1.165) is 12.2 Å². The Hall–Kier alpha value is -2.47. The quantitative estimate of drug-likeness (QED) is 0.677. The van der Waals surface area contributed by atoms with Gasteiger partial charge in [0.15, 0.2) is 5.76 Å². The molecule has 0 bridgehead atoms. The third-order valence-corrected chi connectivity index (χ3v) is 3.28. The molecule has 130 valence electrons. The summed E-state index contributed by atoms with van der Waals surface area (Å²) in [5, 5.41) is 2.79. The third kappa shape index (κ3) is 5.62. The summed E-state index contributed by atoms with van der Waals surface area (Å²) in [6.45, 7) is 4.07. The van der Waals surface area contributed by atoms with Crippen LogP contribution in [0.2, 0.25) is 0 Å². The van der Waals surface area contributed by atoms with E-state index in [1.807, 2.05) is 31.2 Å². The monoisotopic (exact) mass is 333 g/mol. The van der Waals surface area contributed by atoms with Crippen LogP contribution >= 0.6 is 0 Å². The Kier molecular flexibility index (Phi) is 7.17. The molecule has 2 aromatic rings. The van der Waals surface area contributed by atoms with Crippen molar-refractivity contribution in [1.29, 1.82) is 0 Å². The highest BCUT2D eigenvalue weighted by atomic mass is 16.5. The highest BCUT2D eigenvalue weighted by Crippen LogP contribution is 2.18. The fourth-order valence-electron chi connectivity index (χ4n) is 2.01. The number of carbonyl (C=O) groups excluding carboxylic acids is 1. The minimum absolute atomic E-state index is 0.234. The van der Waals surface area contributed by atoms with Gasteiger partial charge < -0.3 is 23.9 Å². The maximum Gasteiger partial charge on any atom is 0.286 e. The van der Waals surface area contributed by atoms with Gasteiger partial charge in [0.2, 0.25) is 0 Å². The normalized spacial score (nSPS) is 10.4. The van der Waals surface area contributed by atoms with Crippen LogP contribution in [0, 0.1) is 0 Å². The van der Waals surface area contributed by atoms with E-state index >= 15 is 0 Å². The van der Waals surface area contributed by atoms with Crippen LogP contribution in [-0.2, 0) is 11.3 Å². The number of furan rings is 1. The molecule has 0 spiro atoms. The van der Waals surface area contributed by atoms with Gasteiger partial charge in [0.1, 0.15) is 23.9 Å². The molecule has 1 heterocycles. The number of carbonyl (C=O) groups is 1. The van der Waals surface area contributed by atoms with Gasteiger partial charge in [-0.3, -0.25) is 4.79 Å². The molecule has 0 atom stereocenters. The lowest BCUT2D eigenvalue weighted by atomic mass is 10.3. The van der Waals surface area contributed by atoms with Gasteiger partial charge in [0.05, 0.1) is 7.11 Å². The second kappa shape index (κ2) is 9.62. The van der Waals surface area contributed by atoms with Crippen LogP contribution in [0.3, 0.4) is 0 Å². The molecular weight excluding hydrogens is 310 g/mol. The zero-order chi connectivity index (χ0) is 17.2. The predicted octanol–water partition coefficient (Wildman–Crippen LogP) is 3.02. The Balaban J connectivity index is 1.76. The molecule has 2 rings (SSSR count). The van der Waals surface area contributed by atoms with Gasteiger partial charge in [-0.1, -0.05) is 0 Å². The van der Waals surface area contributed by atoms with Crippen LogP contribution in [0.15, 0.2) is 40.8 Å². The molecule has 0 fully saturated rings. The molecule has 0 aliphatic carbocycles. The van der Waals surface area contributed by atoms with Crippen LogP contribution < -0.4 is 14.8 Å². The molecule has 6 heteroatoms. The second-order valence-corrected chi connectivity index (χ2v) is 5.04. The van der Waals surface area contributed by atoms with E-state index in [-0.39, 0.29) is 18.3 Å². The first-order valence-corrected chi connectivity index (χ1v) is 7.94. The average molecular weight is 333 g/mol. The lowest BCUT2D eigenvalue weighted by molar-refractivity contribution is 0.0913. The highest BCUT2D eigenvalue weighted by molar-refractivity contribution is 5.91. The minimum atomic E-state index is -0.234. The Morgan fingerprint density at radius 2 is 1.88 bits per heavy atom. The zero-order valence-corrected chi connectivity index (χ0v) is 14.0. The van der Waals surface area contributed by atoms with E-state index < -0.39 is 0 Å². The summed E-state index contributed by atoms with van der Waals surface area (Å²) in [6, 6.07) is 10.6. The maximum atomic E-state index is 11.9. The summed E-state index contributed by atoms with van der Waals surface area (Å²) < 4.78 is 21.4. The van der Waals surface area contributed by atoms with Crippen LogP contribution in [0.4, 0.5) is 0 Å². The van der Waals surface area contributed by atoms with Gasteiger partial charge in [-0.25, -0.2) is 0 Å². The van der Waals surface area contributed by atoms with Crippen molar-refractivity contribution in [3.8, 4) is 11.5 Å². The summed E-state index contributed by atoms with van der Waals surface area (Å²) in [5.41, 5.74) is 0. The Morgan fingerprint density at radius 3 is 2.58 bits per heavy atom. The zero-order valence-electron chi connectivity index (χ0n) is 14.0. The molecule has 6 nitrogen and oxygen atoms in total. The molecule has 0 aliphatic heterocycles. The highest BCUT2D eigenvalue weighted by Gasteiger charge is 2.11. The summed E-state index contributed by atoms with van der Waals surface area (Å²) in [6.07, 6.45) is 0.772. The fourth-order valence-corrected chi connectivity index (χ4v) is 2.01. The summed E-state index contributed by atoms with van der Waals surface area (Å²) in [5.74, 6) is 2.10. The Labute approximate surface area is 141 Å². The number of hydrogen-bond acceptors (Lipinski definition) is 5. The van der Waals surface area contributed by atoms with E-state index in [9.17, 15) is 4.79 Å². The lowest BCUT2D eigenvalue weighted by Gasteiger charge is -2.05. The van der Waals surface area contributed by atoms with Crippen LogP contribution in [0.25, 0.3) is 0 Å². The molecule has 24 heavy (non-hydrogen) atoms. The molecule has 0 aliphatic rings. The van der Waals surface area contributed by atoms with Crippen molar-refractivity contribution in [2.24, 2.45) is 0 Å². The van der Waals surface area contributed by atoms with Crippen LogP contribution in [-0.4, -0.2) is 32.8 Å². The Morgan fingerprint density at radius 1 is 1.12 bits per heavy atom. The number of rotatable bonds is 10. The van der Waals surface area contributed by atoms with Crippen molar-refractivity contribution >= 4 is 5.91 Å². The van der Waals surface area contributed by atoms with Gasteiger partial charge in [-0.05, 0) is 49.7 Å². The first kappa shape index (κ1) is 17.9. The van der Waals surface area contributed by atoms with Gasteiger partial charge >= 0.3 is 0 Å². The van der Waals surface area contributed by atoms with Gasteiger partial charge in [-0.2, -0.15) is 0 Å². The number of ether oxygens (including phenoxy) is 3. The van der Waals surface area contributed by atoms with Gasteiger partial charge in [-0.15, -0.1) is 0 Å². The minimum Gasteiger partial charge on any atom is -0.497 e. The van der Waals surface area contributed by atoms with Crippen molar-refractivity contribution < 1.29 is 23.4 Å².